The Morgan fingerprint density at radius 3 is 2.27 bits per heavy atom. The second kappa shape index (κ2) is 10.6. The lowest BCUT2D eigenvalue weighted by molar-refractivity contribution is -0.120. The number of carbonyl (C=O) groups is 4. The van der Waals surface area contributed by atoms with Gasteiger partial charge in [-0.1, -0.05) is 29.8 Å². The molecule has 3 aromatic rings. The van der Waals surface area contributed by atoms with Crippen LogP contribution in [0.25, 0.3) is 0 Å². The number of para-hydroxylation sites is 1. The first kappa shape index (κ1) is 25.6. The third-order valence-corrected chi connectivity index (χ3v) is 5.59. The van der Waals surface area contributed by atoms with Crippen LogP contribution < -0.4 is 15.5 Å². The highest BCUT2D eigenvalue weighted by atomic mass is 35.5. The first-order chi connectivity index (χ1) is 17.7. The van der Waals surface area contributed by atoms with Gasteiger partial charge < -0.3 is 15.4 Å². The molecule has 188 valence electrons. The van der Waals surface area contributed by atoms with Crippen LogP contribution >= 0.6 is 11.6 Å². The molecule has 0 aliphatic carbocycles. The first-order valence-electron chi connectivity index (χ1n) is 11.2. The summed E-state index contributed by atoms with van der Waals surface area (Å²) in [6.07, 6.45) is -0.274. The molecule has 3 amide bonds. The maximum atomic E-state index is 14.2. The second-order valence-electron chi connectivity index (χ2n) is 8.28. The SMILES string of the molecule is CC(C)OC(=O)c1cccc(NC(=O)c2ccc(NC3=C(Cl)C(=O)N(c4ccccc4F)C3=O)cc2)c1. The predicted molar refractivity (Wildman–Crippen MR) is 137 cm³/mol. The lowest BCUT2D eigenvalue weighted by Gasteiger charge is -2.15. The Labute approximate surface area is 216 Å². The average molecular weight is 522 g/mol. The van der Waals surface area contributed by atoms with E-state index in [1.54, 1.807) is 32.0 Å². The Balaban J connectivity index is 1.45. The van der Waals surface area contributed by atoms with E-state index in [0.29, 0.717) is 27.4 Å². The largest absolute Gasteiger partial charge is 0.459 e. The van der Waals surface area contributed by atoms with Gasteiger partial charge in [-0.05, 0) is 68.4 Å². The van der Waals surface area contributed by atoms with Crippen LogP contribution in [0.15, 0.2) is 83.5 Å². The second-order valence-corrected chi connectivity index (χ2v) is 8.66. The Morgan fingerprint density at radius 1 is 0.892 bits per heavy atom. The molecule has 8 nitrogen and oxygen atoms in total. The maximum absolute atomic E-state index is 14.2. The number of anilines is 3. The summed E-state index contributed by atoms with van der Waals surface area (Å²) in [6.45, 7) is 3.48. The van der Waals surface area contributed by atoms with E-state index in [1.807, 2.05) is 0 Å². The van der Waals surface area contributed by atoms with E-state index in [2.05, 4.69) is 10.6 Å². The van der Waals surface area contributed by atoms with Crippen LogP contribution in [0.2, 0.25) is 0 Å². The van der Waals surface area contributed by atoms with E-state index in [-0.39, 0.29) is 22.5 Å². The number of benzene rings is 3. The number of imide groups is 1. The quantitative estimate of drug-likeness (QED) is 0.332. The third kappa shape index (κ3) is 5.52. The summed E-state index contributed by atoms with van der Waals surface area (Å²) in [5.74, 6) is -3.33. The lowest BCUT2D eigenvalue weighted by atomic mass is 10.1. The van der Waals surface area contributed by atoms with Crippen LogP contribution in [-0.2, 0) is 14.3 Å². The van der Waals surface area contributed by atoms with Gasteiger partial charge in [0.05, 0.1) is 17.4 Å². The van der Waals surface area contributed by atoms with Crippen molar-refractivity contribution in [1.82, 2.24) is 0 Å². The fourth-order valence-corrected chi connectivity index (χ4v) is 3.73. The van der Waals surface area contributed by atoms with Crippen molar-refractivity contribution in [3.63, 3.8) is 0 Å². The molecule has 1 aliphatic rings. The molecule has 1 aliphatic heterocycles. The molecule has 0 atom stereocenters. The predicted octanol–water partition coefficient (Wildman–Crippen LogP) is 5.08. The number of hydrogen-bond donors (Lipinski definition) is 2. The van der Waals surface area contributed by atoms with Crippen molar-refractivity contribution < 1.29 is 28.3 Å². The molecule has 0 bridgehead atoms. The fraction of sp³-hybridized carbons (Fsp3) is 0.111. The van der Waals surface area contributed by atoms with Crippen molar-refractivity contribution in [3.05, 3.63) is 100 Å². The van der Waals surface area contributed by atoms with Crippen LogP contribution in [0.4, 0.5) is 21.5 Å². The number of ether oxygens (including phenoxy) is 1. The number of halogens is 2. The Kier molecular flexibility index (Phi) is 7.35. The van der Waals surface area contributed by atoms with Crippen LogP contribution in [-0.4, -0.2) is 29.8 Å². The molecule has 0 aromatic heterocycles. The summed E-state index contributed by atoms with van der Waals surface area (Å²) >= 11 is 6.09. The monoisotopic (exact) mass is 521 g/mol. The van der Waals surface area contributed by atoms with Crippen molar-refractivity contribution in [2.45, 2.75) is 20.0 Å². The number of esters is 1. The van der Waals surface area contributed by atoms with Crippen molar-refractivity contribution in [1.29, 1.82) is 0 Å². The number of amides is 3. The molecule has 3 aromatic carbocycles. The van der Waals surface area contributed by atoms with Gasteiger partial charge in [0, 0.05) is 16.9 Å². The Hall–Kier alpha value is -4.50. The fourth-order valence-electron chi connectivity index (χ4n) is 3.52. The zero-order valence-corrected chi connectivity index (χ0v) is 20.5. The van der Waals surface area contributed by atoms with Crippen LogP contribution in [0.3, 0.4) is 0 Å². The third-order valence-electron chi connectivity index (χ3n) is 5.24. The molecule has 2 N–H and O–H groups in total. The number of nitrogens with one attached hydrogen (secondary N) is 2. The van der Waals surface area contributed by atoms with Gasteiger partial charge in [0.1, 0.15) is 16.5 Å². The number of hydrogen-bond acceptors (Lipinski definition) is 6. The van der Waals surface area contributed by atoms with Crippen molar-refractivity contribution in [2.75, 3.05) is 15.5 Å². The minimum absolute atomic E-state index is 0.207. The van der Waals surface area contributed by atoms with Gasteiger partial charge in [0.25, 0.3) is 17.7 Å². The molecule has 0 unspecified atom stereocenters. The molecule has 0 spiro atoms. The normalized spacial score (nSPS) is 13.3. The van der Waals surface area contributed by atoms with Gasteiger partial charge in [0.15, 0.2) is 0 Å². The van der Waals surface area contributed by atoms with Gasteiger partial charge in [-0.15, -0.1) is 0 Å². The standard InChI is InChI=1S/C27H21ClFN3O5/c1-15(2)37-27(36)17-6-5-7-19(14-17)31-24(33)16-10-12-18(13-11-16)30-23-22(28)25(34)32(26(23)35)21-9-4-3-8-20(21)29/h3-15,30H,1-2H3,(H,31,33). The Bertz CT molecular complexity index is 1440. The van der Waals surface area contributed by atoms with E-state index in [1.165, 1.54) is 48.5 Å². The molecule has 0 fully saturated rings. The zero-order valence-electron chi connectivity index (χ0n) is 19.7. The van der Waals surface area contributed by atoms with Crippen molar-refractivity contribution in [2.24, 2.45) is 0 Å². The Morgan fingerprint density at radius 2 is 1.59 bits per heavy atom. The lowest BCUT2D eigenvalue weighted by Crippen LogP contribution is -2.33. The smallest absolute Gasteiger partial charge is 0.338 e. The average Bonchev–Trinajstić information content (AvgIpc) is 3.07. The molecule has 37 heavy (non-hydrogen) atoms. The van der Waals surface area contributed by atoms with Gasteiger partial charge >= 0.3 is 5.97 Å². The highest BCUT2D eigenvalue weighted by molar-refractivity contribution is 6.53. The summed E-state index contributed by atoms with van der Waals surface area (Å²) in [4.78, 5) is 50.8. The summed E-state index contributed by atoms with van der Waals surface area (Å²) in [6, 6.07) is 17.8. The minimum Gasteiger partial charge on any atom is -0.459 e. The summed E-state index contributed by atoms with van der Waals surface area (Å²) < 4.78 is 19.3. The van der Waals surface area contributed by atoms with Gasteiger partial charge in [-0.3, -0.25) is 14.4 Å². The summed E-state index contributed by atoms with van der Waals surface area (Å²) in [5.41, 5.74) is 0.961. The van der Waals surface area contributed by atoms with Crippen LogP contribution in [0.5, 0.6) is 0 Å². The molecule has 0 saturated heterocycles. The van der Waals surface area contributed by atoms with Gasteiger partial charge in [0.2, 0.25) is 0 Å². The highest BCUT2D eigenvalue weighted by Gasteiger charge is 2.40. The van der Waals surface area contributed by atoms with Crippen molar-refractivity contribution >= 4 is 52.4 Å². The first-order valence-corrected chi connectivity index (χ1v) is 11.6. The van der Waals surface area contributed by atoms with E-state index in [9.17, 15) is 23.6 Å². The highest BCUT2D eigenvalue weighted by Crippen LogP contribution is 2.31. The molecule has 1 heterocycles. The van der Waals surface area contributed by atoms with E-state index in [4.69, 9.17) is 16.3 Å². The van der Waals surface area contributed by atoms with Crippen LogP contribution in [0.1, 0.15) is 34.6 Å². The number of carbonyl (C=O) groups excluding carboxylic acids is 4. The molecule has 4 rings (SSSR count). The summed E-state index contributed by atoms with van der Waals surface area (Å²) in [5, 5.41) is 5.10. The zero-order chi connectivity index (χ0) is 26.7. The number of rotatable bonds is 7. The van der Waals surface area contributed by atoms with E-state index < -0.39 is 29.5 Å². The van der Waals surface area contributed by atoms with Crippen molar-refractivity contribution in [3.8, 4) is 0 Å². The molecular formula is C27H21ClFN3O5. The molecule has 0 radical (unpaired) electrons. The molecule has 0 saturated carbocycles. The summed E-state index contributed by atoms with van der Waals surface area (Å²) in [7, 11) is 0. The maximum Gasteiger partial charge on any atom is 0.338 e. The van der Waals surface area contributed by atoms with E-state index in [0.717, 1.165) is 6.07 Å². The number of nitrogens with zero attached hydrogens (tertiary/aromatic N) is 1. The van der Waals surface area contributed by atoms with Gasteiger partial charge in [-0.25, -0.2) is 14.1 Å². The van der Waals surface area contributed by atoms with Gasteiger partial charge in [-0.2, -0.15) is 0 Å². The topological polar surface area (TPSA) is 105 Å². The van der Waals surface area contributed by atoms with Crippen LogP contribution in [0, 0.1) is 5.82 Å². The molecule has 10 heteroatoms. The minimum atomic E-state index is -0.852. The molecular weight excluding hydrogens is 501 g/mol. The van der Waals surface area contributed by atoms with E-state index >= 15 is 0 Å².